The number of nitrogens with one attached hydrogen (secondary N) is 2. The summed E-state index contributed by atoms with van der Waals surface area (Å²) in [5, 5.41) is 6.29. The molecule has 1 aromatic carbocycles. The highest BCUT2D eigenvalue weighted by Crippen LogP contribution is 2.14. The Morgan fingerprint density at radius 1 is 1.55 bits per heavy atom. The van der Waals surface area contributed by atoms with Gasteiger partial charge in [-0.1, -0.05) is 12.1 Å². The zero-order valence-electron chi connectivity index (χ0n) is 12.0. The molecule has 0 aliphatic carbocycles. The summed E-state index contributed by atoms with van der Waals surface area (Å²) in [7, 11) is 0. The first-order valence-corrected chi connectivity index (χ1v) is 6.89. The highest BCUT2D eigenvalue weighted by Gasteiger charge is 2.18. The lowest BCUT2D eigenvalue weighted by Crippen LogP contribution is -2.42. The molecule has 112 valence electrons. The Bertz CT molecular complexity index is 434. The fraction of sp³-hybridized carbons (Fsp3) is 0.533. The van der Waals surface area contributed by atoms with Crippen molar-refractivity contribution in [1.82, 2.24) is 10.6 Å². The van der Waals surface area contributed by atoms with E-state index >= 15 is 0 Å². The van der Waals surface area contributed by atoms with Crippen molar-refractivity contribution >= 4 is 18.3 Å². The molecule has 1 aliphatic heterocycles. The van der Waals surface area contributed by atoms with Crippen molar-refractivity contribution in [2.24, 2.45) is 0 Å². The fourth-order valence-corrected chi connectivity index (χ4v) is 2.24. The number of carbonyl (C=O) groups excluding carboxylic acids is 1. The number of carbonyl (C=O) groups is 1. The van der Waals surface area contributed by atoms with Gasteiger partial charge in [0, 0.05) is 12.6 Å². The number of hydrogen-bond donors (Lipinski definition) is 2. The van der Waals surface area contributed by atoms with E-state index in [0.717, 1.165) is 24.3 Å². The summed E-state index contributed by atoms with van der Waals surface area (Å²) in [5.74, 6) is 0.678. The number of hydrogen-bond acceptors (Lipinski definition) is 3. The average molecular weight is 299 g/mol. The van der Waals surface area contributed by atoms with Crippen LogP contribution < -0.4 is 15.4 Å². The zero-order chi connectivity index (χ0) is 13.7. The third-order valence-corrected chi connectivity index (χ3v) is 3.36. The first kappa shape index (κ1) is 16.8. The number of benzene rings is 1. The van der Waals surface area contributed by atoms with Crippen molar-refractivity contribution in [2.75, 3.05) is 13.1 Å². The summed E-state index contributed by atoms with van der Waals surface area (Å²) >= 11 is 0. The molecule has 1 saturated heterocycles. The zero-order valence-corrected chi connectivity index (χ0v) is 12.8. The number of aryl methyl sites for hydroxylation is 1. The number of rotatable bonds is 5. The van der Waals surface area contributed by atoms with Gasteiger partial charge in [-0.25, -0.2) is 0 Å². The second kappa shape index (κ2) is 8.12. The second-order valence-electron chi connectivity index (χ2n) is 5.12. The van der Waals surface area contributed by atoms with Crippen molar-refractivity contribution in [3.05, 3.63) is 29.8 Å². The van der Waals surface area contributed by atoms with Crippen LogP contribution >= 0.6 is 12.4 Å². The normalized spacial score (nSPS) is 19.0. The summed E-state index contributed by atoms with van der Waals surface area (Å²) in [6.45, 7) is 5.51. The highest BCUT2D eigenvalue weighted by atomic mass is 35.5. The van der Waals surface area contributed by atoms with E-state index in [4.69, 9.17) is 4.74 Å². The molecule has 20 heavy (non-hydrogen) atoms. The van der Waals surface area contributed by atoms with Gasteiger partial charge in [-0.15, -0.1) is 12.4 Å². The Morgan fingerprint density at radius 2 is 2.35 bits per heavy atom. The van der Waals surface area contributed by atoms with Crippen molar-refractivity contribution in [1.29, 1.82) is 0 Å². The molecule has 1 fully saturated rings. The lowest BCUT2D eigenvalue weighted by molar-refractivity contribution is -0.127. The molecule has 2 atom stereocenters. The molecular weight excluding hydrogens is 276 g/mol. The third kappa shape index (κ3) is 5.02. The van der Waals surface area contributed by atoms with Gasteiger partial charge in [-0.05, 0) is 50.9 Å². The van der Waals surface area contributed by atoms with E-state index in [1.807, 2.05) is 31.2 Å². The predicted octanol–water partition coefficient (Wildman–Crippen LogP) is 2.05. The van der Waals surface area contributed by atoms with E-state index < -0.39 is 6.10 Å². The molecule has 1 aliphatic rings. The molecule has 0 aromatic heterocycles. The minimum Gasteiger partial charge on any atom is -0.481 e. The molecule has 1 aromatic rings. The fourth-order valence-electron chi connectivity index (χ4n) is 2.24. The Kier molecular flexibility index (Phi) is 6.82. The summed E-state index contributed by atoms with van der Waals surface area (Å²) in [6.07, 6.45) is 1.85. The van der Waals surface area contributed by atoms with Crippen LogP contribution in [0, 0.1) is 6.92 Å². The Labute approximate surface area is 126 Å². The summed E-state index contributed by atoms with van der Waals surface area (Å²) < 4.78 is 5.64. The number of amides is 1. The van der Waals surface area contributed by atoms with Crippen LogP contribution in [0.5, 0.6) is 5.75 Å². The van der Waals surface area contributed by atoms with Crippen LogP contribution in [0.1, 0.15) is 25.3 Å². The SMILES string of the molecule is Cc1cccc(OC(C)C(=O)NCC2CCCN2)c1.Cl. The van der Waals surface area contributed by atoms with Crippen molar-refractivity contribution in [2.45, 2.75) is 38.8 Å². The van der Waals surface area contributed by atoms with Crippen LogP contribution in [-0.4, -0.2) is 31.1 Å². The van der Waals surface area contributed by atoms with Crippen LogP contribution in [0.25, 0.3) is 0 Å². The second-order valence-corrected chi connectivity index (χ2v) is 5.12. The van der Waals surface area contributed by atoms with Gasteiger partial charge < -0.3 is 15.4 Å². The molecule has 1 amide bonds. The summed E-state index contributed by atoms with van der Waals surface area (Å²) in [5.41, 5.74) is 1.13. The lowest BCUT2D eigenvalue weighted by atomic mass is 10.2. The predicted molar refractivity (Wildman–Crippen MR) is 82.6 cm³/mol. The van der Waals surface area contributed by atoms with E-state index in [1.165, 1.54) is 6.42 Å². The molecule has 4 nitrogen and oxygen atoms in total. The quantitative estimate of drug-likeness (QED) is 0.875. The molecule has 0 radical (unpaired) electrons. The largest absolute Gasteiger partial charge is 0.481 e. The van der Waals surface area contributed by atoms with Gasteiger partial charge in [0.15, 0.2) is 6.10 Å². The van der Waals surface area contributed by atoms with Gasteiger partial charge in [0.25, 0.3) is 5.91 Å². The average Bonchev–Trinajstić information content (AvgIpc) is 2.89. The third-order valence-electron chi connectivity index (χ3n) is 3.36. The van der Waals surface area contributed by atoms with Gasteiger partial charge in [0.2, 0.25) is 0 Å². The highest BCUT2D eigenvalue weighted by molar-refractivity contribution is 5.85. The topological polar surface area (TPSA) is 50.4 Å². The molecule has 1 heterocycles. The van der Waals surface area contributed by atoms with Gasteiger partial charge >= 0.3 is 0 Å². The van der Waals surface area contributed by atoms with E-state index in [0.29, 0.717) is 12.6 Å². The number of halogens is 1. The molecule has 2 N–H and O–H groups in total. The minimum atomic E-state index is -0.469. The Morgan fingerprint density at radius 3 is 3.00 bits per heavy atom. The standard InChI is InChI=1S/C15H22N2O2.ClH/c1-11-5-3-7-14(9-11)19-12(2)15(18)17-10-13-6-4-8-16-13;/h3,5,7,9,12-13,16H,4,6,8,10H2,1-2H3,(H,17,18);1H. The van der Waals surface area contributed by atoms with Crippen LogP contribution in [-0.2, 0) is 4.79 Å². The Hall–Kier alpha value is -1.26. The molecule has 0 spiro atoms. The maximum atomic E-state index is 11.9. The molecule has 0 saturated carbocycles. The van der Waals surface area contributed by atoms with Crippen molar-refractivity contribution in [3.8, 4) is 5.75 Å². The molecule has 5 heteroatoms. The minimum absolute atomic E-state index is 0. The van der Waals surface area contributed by atoms with E-state index in [2.05, 4.69) is 10.6 Å². The van der Waals surface area contributed by atoms with Gasteiger partial charge in [-0.2, -0.15) is 0 Å². The summed E-state index contributed by atoms with van der Waals surface area (Å²) in [4.78, 5) is 11.9. The first-order chi connectivity index (χ1) is 9.15. The van der Waals surface area contributed by atoms with Gasteiger partial charge in [-0.3, -0.25) is 4.79 Å². The number of ether oxygens (including phenoxy) is 1. The van der Waals surface area contributed by atoms with E-state index in [1.54, 1.807) is 6.92 Å². The van der Waals surface area contributed by atoms with Crippen LogP contribution in [0.3, 0.4) is 0 Å². The van der Waals surface area contributed by atoms with Gasteiger partial charge in [0.05, 0.1) is 0 Å². The summed E-state index contributed by atoms with van der Waals surface area (Å²) in [6, 6.07) is 8.15. The maximum absolute atomic E-state index is 11.9. The van der Waals surface area contributed by atoms with Crippen LogP contribution in [0.4, 0.5) is 0 Å². The Balaban J connectivity index is 0.00000200. The van der Waals surface area contributed by atoms with Gasteiger partial charge in [0.1, 0.15) is 5.75 Å². The monoisotopic (exact) mass is 298 g/mol. The molecular formula is C15H23ClN2O2. The smallest absolute Gasteiger partial charge is 0.260 e. The molecule has 2 rings (SSSR count). The molecule has 0 bridgehead atoms. The van der Waals surface area contributed by atoms with E-state index in [-0.39, 0.29) is 18.3 Å². The van der Waals surface area contributed by atoms with E-state index in [9.17, 15) is 4.79 Å². The van der Waals surface area contributed by atoms with Crippen LogP contribution in [0.15, 0.2) is 24.3 Å². The van der Waals surface area contributed by atoms with Crippen molar-refractivity contribution < 1.29 is 9.53 Å². The van der Waals surface area contributed by atoms with Crippen molar-refractivity contribution in [3.63, 3.8) is 0 Å². The van der Waals surface area contributed by atoms with Crippen LogP contribution in [0.2, 0.25) is 0 Å². The lowest BCUT2D eigenvalue weighted by Gasteiger charge is -2.17. The molecule has 2 unspecified atom stereocenters. The maximum Gasteiger partial charge on any atom is 0.260 e. The first-order valence-electron chi connectivity index (χ1n) is 6.89.